The van der Waals surface area contributed by atoms with Crippen molar-refractivity contribution in [2.24, 2.45) is 0 Å². The van der Waals surface area contributed by atoms with E-state index in [2.05, 4.69) is 12.2 Å². The molecule has 1 N–H and O–H groups in total. The van der Waals surface area contributed by atoms with E-state index < -0.39 is 6.10 Å². The summed E-state index contributed by atoms with van der Waals surface area (Å²) in [6, 6.07) is 15.5. The van der Waals surface area contributed by atoms with Crippen LogP contribution in [0, 0.1) is 0 Å². The van der Waals surface area contributed by atoms with Crippen LogP contribution >= 0.6 is 11.8 Å². The molecule has 2 aromatic rings. The second-order valence-electron chi connectivity index (χ2n) is 4.90. The Morgan fingerprint density at radius 3 is 2.76 bits per heavy atom. The molecule has 1 heterocycles. The first-order valence-electron chi connectivity index (χ1n) is 7.07. The number of anilines is 1. The van der Waals surface area contributed by atoms with E-state index in [0.29, 0.717) is 0 Å². The molecule has 2 aromatic carbocycles. The molecule has 1 aliphatic rings. The van der Waals surface area contributed by atoms with E-state index in [-0.39, 0.29) is 5.91 Å². The second-order valence-corrected chi connectivity index (χ2v) is 6.07. The third kappa shape index (κ3) is 3.05. The number of carbonyl (C=O) groups is 1. The van der Waals surface area contributed by atoms with Gasteiger partial charge in [0.2, 0.25) is 6.10 Å². The third-order valence-electron chi connectivity index (χ3n) is 3.27. The Kier molecular flexibility index (Phi) is 4.15. The molecular weight excluding hydrogens is 282 g/mol. The van der Waals surface area contributed by atoms with Crippen LogP contribution in [0.3, 0.4) is 0 Å². The van der Waals surface area contributed by atoms with Gasteiger partial charge in [-0.15, -0.1) is 11.8 Å². The van der Waals surface area contributed by atoms with Crippen molar-refractivity contribution in [2.45, 2.75) is 24.3 Å². The molecule has 0 aliphatic carbocycles. The number of fused-ring (bicyclic) bond motifs is 1. The first-order chi connectivity index (χ1) is 10.3. The standard InChI is InChI=1S/C17H17NO2S/c1-2-10-21-13-8-9-15-14(11-13)18-17(19)16(20-15)12-6-4-3-5-7-12/h3-9,11,16H,2,10H2,1H3,(H,18,19). The van der Waals surface area contributed by atoms with Crippen LogP contribution in [0.15, 0.2) is 53.4 Å². The van der Waals surface area contributed by atoms with E-state index in [0.717, 1.165) is 34.1 Å². The molecule has 0 spiro atoms. The van der Waals surface area contributed by atoms with E-state index in [1.165, 1.54) is 0 Å². The van der Waals surface area contributed by atoms with Gasteiger partial charge in [-0.2, -0.15) is 0 Å². The maximum atomic E-state index is 12.2. The number of benzene rings is 2. The summed E-state index contributed by atoms with van der Waals surface area (Å²) in [5.74, 6) is 1.68. The van der Waals surface area contributed by atoms with Crippen LogP contribution < -0.4 is 10.1 Å². The van der Waals surface area contributed by atoms with E-state index in [9.17, 15) is 4.79 Å². The predicted octanol–water partition coefficient (Wildman–Crippen LogP) is 4.26. The maximum absolute atomic E-state index is 12.2. The molecule has 21 heavy (non-hydrogen) atoms. The minimum atomic E-state index is -0.576. The highest BCUT2D eigenvalue weighted by Crippen LogP contribution is 2.37. The molecule has 3 rings (SSSR count). The number of nitrogens with one attached hydrogen (secondary N) is 1. The normalized spacial score (nSPS) is 16.8. The number of thioether (sulfide) groups is 1. The third-order valence-corrected chi connectivity index (χ3v) is 4.47. The highest BCUT2D eigenvalue weighted by atomic mass is 32.2. The number of ether oxygens (including phenoxy) is 1. The van der Waals surface area contributed by atoms with Gasteiger partial charge in [-0.25, -0.2) is 0 Å². The van der Waals surface area contributed by atoms with Crippen LogP contribution in [0.1, 0.15) is 25.0 Å². The van der Waals surface area contributed by atoms with E-state index >= 15 is 0 Å². The highest BCUT2D eigenvalue weighted by molar-refractivity contribution is 7.99. The fraction of sp³-hybridized carbons (Fsp3) is 0.235. The number of amides is 1. The summed E-state index contributed by atoms with van der Waals surface area (Å²) < 4.78 is 5.87. The predicted molar refractivity (Wildman–Crippen MR) is 85.9 cm³/mol. The summed E-state index contributed by atoms with van der Waals surface area (Å²) in [4.78, 5) is 13.4. The number of rotatable bonds is 4. The Morgan fingerprint density at radius 1 is 1.19 bits per heavy atom. The number of hydrogen-bond donors (Lipinski definition) is 1. The van der Waals surface area contributed by atoms with Crippen LogP contribution in [-0.4, -0.2) is 11.7 Å². The Morgan fingerprint density at radius 2 is 2.00 bits per heavy atom. The summed E-state index contributed by atoms with van der Waals surface area (Å²) in [5.41, 5.74) is 1.62. The van der Waals surface area contributed by atoms with Gasteiger partial charge >= 0.3 is 0 Å². The average Bonchev–Trinajstić information content (AvgIpc) is 2.53. The second kappa shape index (κ2) is 6.22. The summed E-state index contributed by atoms with van der Waals surface area (Å²) in [5, 5.41) is 2.95. The molecule has 0 aromatic heterocycles. The minimum absolute atomic E-state index is 0.119. The van der Waals surface area contributed by atoms with Gasteiger partial charge in [0.05, 0.1) is 5.69 Å². The van der Waals surface area contributed by atoms with Gasteiger partial charge in [-0.3, -0.25) is 4.79 Å². The first-order valence-corrected chi connectivity index (χ1v) is 8.06. The molecule has 1 unspecified atom stereocenters. The van der Waals surface area contributed by atoms with Crippen LogP contribution in [-0.2, 0) is 4.79 Å². The van der Waals surface area contributed by atoms with Gasteiger partial charge in [0.15, 0.2) is 0 Å². The smallest absolute Gasteiger partial charge is 0.270 e. The fourth-order valence-electron chi connectivity index (χ4n) is 2.25. The lowest BCUT2D eigenvalue weighted by Crippen LogP contribution is -2.30. The van der Waals surface area contributed by atoms with Crippen molar-refractivity contribution in [1.29, 1.82) is 0 Å². The largest absolute Gasteiger partial charge is 0.474 e. The fourth-order valence-corrected chi connectivity index (χ4v) is 3.05. The molecule has 0 saturated carbocycles. The van der Waals surface area contributed by atoms with Crippen molar-refractivity contribution in [3.8, 4) is 5.75 Å². The van der Waals surface area contributed by atoms with Crippen molar-refractivity contribution in [3.05, 3.63) is 54.1 Å². The molecule has 4 heteroatoms. The first kappa shape index (κ1) is 14.0. The quantitative estimate of drug-likeness (QED) is 0.857. The van der Waals surface area contributed by atoms with Gasteiger partial charge in [-0.1, -0.05) is 37.3 Å². The molecule has 0 saturated heterocycles. The van der Waals surface area contributed by atoms with E-state index in [1.54, 1.807) is 11.8 Å². The van der Waals surface area contributed by atoms with E-state index in [1.807, 2.05) is 48.5 Å². The topological polar surface area (TPSA) is 38.3 Å². The summed E-state index contributed by atoms with van der Waals surface area (Å²) in [6.45, 7) is 2.15. The van der Waals surface area contributed by atoms with Gasteiger partial charge in [0.25, 0.3) is 5.91 Å². The molecule has 0 fully saturated rings. The van der Waals surface area contributed by atoms with Gasteiger partial charge in [0, 0.05) is 10.5 Å². The average molecular weight is 299 g/mol. The monoisotopic (exact) mass is 299 g/mol. The number of hydrogen-bond acceptors (Lipinski definition) is 3. The van der Waals surface area contributed by atoms with Crippen LogP contribution in [0.4, 0.5) is 5.69 Å². The summed E-state index contributed by atoms with van der Waals surface area (Å²) in [7, 11) is 0. The molecule has 1 aliphatic heterocycles. The van der Waals surface area contributed by atoms with Crippen LogP contribution in [0.25, 0.3) is 0 Å². The molecule has 3 nitrogen and oxygen atoms in total. The zero-order valence-corrected chi connectivity index (χ0v) is 12.7. The van der Waals surface area contributed by atoms with Crippen molar-refractivity contribution in [2.75, 3.05) is 11.1 Å². The molecule has 0 bridgehead atoms. The van der Waals surface area contributed by atoms with Crippen LogP contribution in [0.5, 0.6) is 5.75 Å². The van der Waals surface area contributed by atoms with Crippen LogP contribution in [0.2, 0.25) is 0 Å². The molecule has 1 amide bonds. The Balaban J connectivity index is 1.84. The molecule has 108 valence electrons. The SMILES string of the molecule is CCCSc1ccc2c(c1)NC(=O)C(c1ccccc1)O2. The van der Waals surface area contributed by atoms with E-state index in [4.69, 9.17) is 4.74 Å². The highest BCUT2D eigenvalue weighted by Gasteiger charge is 2.29. The molecule has 0 radical (unpaired) electrons. The Labute approximate surface area is 128 Å². The van der Waals surface area contributed by atoms with Gasteiger partial charge < -0.3 is 10.1 Å². The number of carbonyl (C=O) groups excluding carboxylic acids is 1. The maximum Gasteiger partial charge on any atom is 0.270 e. The lowest BCUT2D eigenvalue weighted by atomic mass is 10.1. The van der Waals surface area contributed by atoms with Gasteiger partial charge in [0.1, 0.15) is 5.75 Å². The summed E-state index contributed by atoms with van der Waals surface area (Å²) >= 11 is 1.78. The van der Waals surface area contributed by atoms with Crippen molar-refractivity contribution in [3.63, 3.8) is 0 Å². The minimum Gasteiger partial charge on any atom is -0.474 e. The van der Waals surface area contributed by atoms with Crippen molar-refractivity contribution in [1.82, 2.24) is 0 Å². The molecular formula is C17H17NO2S. The van der Waals surface area contributed by atoms with Crippen molar-refractivity contribution >= 4 is 23.4 Å². The van der Waals surface area contributed by atoms with Crippen molar-refractivity contribution < 1.29 is 9.53 Å². The van der Waals surface area contributed by atoms with Gasteiger partial charge in [-0.05, 0) is 30.4 Å². The Hall–Kier alpha value is -1.94. The lowest BCUT2D eigenvalue weighted by Gasteiger charge is -2.26. The lowest BCUT2D eigenvalue weighted by molar-refractivity contribution is -0.123. The zero-order chi connectivity index (χ0) is 14.7. The summed E-state index contributed by atoms with van der Waals surface area (Å²) in [6.07, 6.45) is 0.550. The molecule has 1 atom stereocenters. The Bertz CT molecular complexity index is 642. The zero-order valence-electron chi connectivity index (χ0n) is 11.8.